The quantitative estimate of drug-likeness (QED) is 0.347. The van der Waals surface area contributed by atoms with E-state index in [0.717, 1.165) is 48.8 Å². The first-order chi connectivity index (χ1) is 17.0. The number of nitrogens with zero attached hydrogens (tertiary/aromatic N) is 2. The van der Waals surface area contributed by atoms with Crippen molar-refractivity contribution in [2.45, 2.75) is 88.6 Å². The van der Waals surface area contributed by atoms with Crippen molar-refractivity contribution < 1.29 is 14.7 Å². The number of carbonyl (C=O) groups is 2. The number of benzene rings is 1. The second-order valence-corrected chi connectivity index (χ2v) is 17.5. The van der Waals surface area contributed by atoms with Gasteiger partial charge >= 0.3 is 6.03 Å². The number of unbranched alkanes of at least 4 members (excludes halogenated alkanes) is 1. The van der Waals surface area contributed by atoms with Gasteiger partial charge in [0.1, 0.15) is 5.84 Å². The highest BCUT2D eigenvalue weighted by atomic mass is 28.3. The smallest absolute Gasteiger partial charge is 0.318 e. The standard InChI is InChI=1S/C28H42N4O3Si/c1-27(2)22-18-29-24(31-25(34)28(15-11-16-28)36(3,4)5)21(22)19-32(27)26(35)30-23(14-9-10-17-33)20-12-7-6-8-13-20/h6-8,12-13,23,33H,9-11,14-19H2,1-5H3,(H,30,35)(H,29,31,34)/t23-/m1/s1. The Hall–Kier alpha value is -2.45. The van der Waals surface area contributed by atoms with Gasteiger partial charge < -0.3 is 20.6 Å². The minimum absolute atomic E-state index is 0.115. The summed E-state index contributed by atoms with van der Waals surface area (Å²) >= 11 is 0. The van der Waals surface area contributed by atoms with E-state index in [1.807, 2.05) is 35.2 Å². The largest absolute Gasteiger partial charge is 0.396 e. The third-order valence-electron chi connectivity index (χ3n) is 8.73. The summed E-state index contributed by atoms with van der Waals surface area (Å²) in [5.74, 6) is 0.777. The van der Waals surface area contributed by atoms with Crippen LogP contribution in [0, 0.1) is 0 Å². The SMILES string of the molecule is CC1(C)C2=C(CN1C(=O)N[C@H](CCCCO)c1ccccc1)C(NC(=O)C1([Si](C)(C)C)CCC1)=NC2. The fraction of sp³-hybridized carbons (Fsp3) is 0.607. The fourth-order valence-corrected chi connectivity index (χ4v) is 8.55. The zero-order valence-electron chi connectivity index (χ0n) is 22.5. The Balaban J connectivity index is 1.47. The Morgan fingerprint density at radius 3 is 2.42 bits per heavy atom. The van der Waals surface area contributed by atoms with Gasteiger partial charge in [0.15, 0.2) is 0 Å². The van der Waals surface area contributed by atoms with Crippen molar-refractivity contribution in [1.82, 2.24) is 15.5 Å². The number of hydrogen-bond acceptors (Lipinski definition) is 4. The van der Waals surface area contributed by atoms with Gasteiger partial charge in [0.05, 0.1) is 32.7 Å². The van der Waals surface area contributed by atoms with Crippen LogP contribution in [0.25, 0.3) is 0 Å². The van der Waals surface area contributed by atoms with E-state index in [4.69, 9.17) is 4.99 Å². The van der Waals surface area contributed by atoms with Gasteiger partial charge in [-0.2, -0.15) is 0 Å². The highest BCUT2D eigenvalue weighted by Gasteiger charge is 2.54. The van der Waals surface area contributed by atoms with Gasteiger partial charge in [0.2, 0.25) is 5.91 Å². The maximum atomic E-state index is 13.6. The number of carbonyl (C=O) groups excluding carboxylic acids is 2. The molecular weight excluding hydrogens is 468 g/mol. The summed E-state index contributed by atoms with van der Waals surface area (Å²) < 4.78 is 0. The molecule has 3 N–H and O–H groups in total. The minimum Gasteiger partial charge on any atom is -0.396 e. The van der Waals surface area contributed by atoms with Gasteiger partial charge in [-0.05, 0) is 57.1 Å². The average molecular weight is 511 g/mol. The number of urea groups is 1. The molecule has 1 aromatic rings. The van der Waals surface area contributed by atoms with Crippen LogP contribution in [0.15, 0.2) is 46.5 Å². The lowest BCUT2D eigenvalue weighted by atomic mass is 9.83. The van der Waals surface area contributed by atoms with E-state index < -0.39 is 13.6 Å². The summed E-state index contributed by atoms with van der Waals surface area (Å²) in [5, 5.41) is 15.5. The summed E-state index contributed by atoms with van der Waals surface area (Å²) in [5.41, 5.74) is 2.67. The van der Waals surface area contributed by atoms with Crippen LogP contribution in [0.4, 0.5) is 4.79 Å². The lowest BCUT2D eigenvalue weighted by molar-refractivity contribution is -0.125. The summed E-state index contributed by atoms with van der Waals surface area (Å²) in [7, 11) is -1.69. The summed E-state index contributed by atoms with van der Waals surface area (Å²) in [6.45, 7) is 12.1. The van der Waals surface area contributed by atoms with E-state index in [9.17, 15) is 14.7 Å². The van der Waals surface area contributed by atoms with E-state index in [-0.39, 0.29) is 29.6 Å². The number of hydrogen-bond donors (Lipinski definition) is 3. The number of aliphatic hydroxyl groups is 1. The lowest BCUT2D eigenvalue weighted by Gasteiger charge is -2.49. The molecule has 0 saturated heterocycles. The lowest BCUT2D eigenvalue weighted by Crippen LogP contribution is -2.55. The molecule has 8 heteroatoms. The van der Waals surface area contributed by atoms with Crippen molar-refractivity contribution in [3.63, 3.8) is 0 Å². The normalized spacial score (nSPS) is 20.9. The molecule has 1 atom stereocenters. The molecule has 1 aliphatic carbocycles. The zero-order valence-corrected chi connectivity index (χ0v) is 23.5. The van der Waals surface area contributed by atoms with Crippen LogP contribution in [-0.4, -0.2) is 61.1 Å². The third-order valence-corrected chi connectivity index (χ3v) is 12.3. The fourth-order valence-electron chi connectivity index (χ4n) is 5.95. The molecule has 3 aliphatic rings. The molecule has 2 heterocycles. The van der Waals surface area contributed by atoms with Crippen molar-refractivity contribution >= 4 is 25.8 Å². The van der Waals surface area contributed by atoms with Crippen molar-refractivity contribution in [3.05, 3.63) is 47.0 Å². The third kappa shape index (κ3) is 4.77. The number of aliphatic imine (C=N–C) groups is 1. The molecule has 196 valence electrons. The van der Waals surface area contributed by atoms with Crippen LogP contribution in [0.3, 0.4) is 0 Å². The van der Waals surface area contributed by atoms with Gasteiger partial charge in [-0.1, -0.05) is 56.4 Å². The van der Waals surface area contributed by atoms with E-state index in [1.165, 1.54) is 0 Å². The number of rotatable bonds is 8. The van der Waals surface area contributed by atoms with Crippen molar-refractivity contribution in [3.8, 4) is 0 Å². The molecule has 0 unspecified atom stereocenters. The van der Waals surface area contributed by atoms with Crippen molar-refractivity contribution in [2.75, 3.05) is 19.7 Å². The van der Waals surface area contributed by atoms with Gasteiger partial charge in [-0.25, -0.2) is 4.79 Å². The first kappa shape index (κ1) is 26.6. The number of aliphatic hydroxyl groups excluding tert-OH is 1. The van der Waals surface area contributed by atoms with Gasteiger partial charge in [0.25, 0.3) is 0 Å². The van der Waals surface area contributed by atoms with Crippen LogP contribution >= 0.6 is 0 Å². The van der Waals surface area contributed by atoms with E-state index >= 15 is 0 Å². The van der Waals surface area contributed by atoms with Gasteiger partial charge in [-0.15, -0.1) is 0 Å². The molecule has 7 nitrogen and oxygen atoms in total. The Morgan fingerprint density at radius 2 is 1.83 bits per heavy atom. The highest BCUT2D eigenvalue weighted by molar-refractivity contribution is 6.82. The average Bonchev–Trinajstić information content (AvgIpc) is 3.30. The van der Waals surface area contributed by atoms with Gasteiger partial charge in [-0.3, -0.25) is 9.79 Å². The van der Waals surface area contributed by atoms with Crippen LogP contribution in [0.2, 0.25) is 24.7 Å². The maximum Gasteiger partial charge on any atom is 0.318 e. The molecule has 0 radical (unpaired) electrons. The first-order valence-corrected chi connectivity index (χ1v) is 16.8. The molecule has 0 aromatic heterocycles. The summed E-state index contributed by atoms with van der Waals surface area (Å²) in [4.78, 5) is 33.6. The van der Waals surface area contributed by atoms with Crippen molar-refractivity contribution in [1.29, 1.82) is 0 Å². The second-order valence-electron chi connectivity index (χ2n) is 12.0. The second kappa shape index (κ2) is 10.1. The Bertz CT molecular complexity index is 1050. The predicted octanol–water partition coefficient (Wildman–Crippen LogP) is 4.78. The molecule has 0 spiro atoms. The molecule has 1 fully saturated rings. The topological polar surface area (TPSA) is 94.0 Å². The van der Waals surface area contributed by atoms with Crippen LogP contribution in [0.5, 0.6) is 0 Å². The molecule has 1 saturated carbocycles. The molecule has 0 bridgehead atoms. The molecule has 36 heavy (non-hydrogen) atoms. The van der Waals surface area contributed by atoms with Crippen LogP contribution in [-0.2, 0) is 4.79 Å². The van der Waals surface area contributed by atoms with E-state index in [2.05, 4.69) is 44.1 Å². The van der Waals surface area contributed by atoms with E-state index in [0.29, 0.717) is 25.3 Å². The van der Waals surface area contributed by atoms with Crippen LogP contribution < -0.4 is 10.6 Å². The number of amides is 3. The molecule has 2 aliphatic heterocycles. The predicted molar refractivity (Wildman–Crippen MR) is 147 cm³/mol. The molecule has 3 amide bonds. The minimum atomic E-state index is -1.69. The molecular formula is C28H42N4O3Si. The highest BCUT2D eigenvalue weighted by Crippen LogP contribution is 2.55. The Labute approximate surface area is 216 Å². The first-order valence-electron chi connectivity index (χ1n) is 13.3. The summed E-state index contributed by atoms with van der Waals surface area (Å²) in [6.07, 6.45) is 5.34. The number of nitrogens with one attached hydrogen (secondary N) is 2. The van der Waals surface area contributed by atoms with Crippen molar-refractivity contribution in [2.24, 2.45) is 4.99 Å². The Kier molecular flexibility index (Phi) is 7.49. The van der Waals surface area contributed by atoms with Gasteiger partial charge in [0, 0.05) is 17.2 Å². The summed E-state index contributed by atoms with van der Waals surface area (Å²) in [6, 6.07) is 9.77. The van der Waals surface area contributed by atoms with E-state index in [1.54, 1.807) is 0 Å². The van der Waals surface area contributed by atoms with Crippen LogP contribution in [0.1, 0.15) is 64.0 Å². The molecule has 1 aromatic carbocycles. The monoisotopic (exact) mass is 510 g/mol. The zero-order chi connectivity index (χ0) is 26.1. The maximum absolute atomic E-state index is 13.6. The number of amidine groups is 1. The molecule has 4 rings (SSSR count). The Morgan fingerprint density at radius 1 is 1.14 bits per heavy atom.